The van der Waals surface area contributed by atoms with Gasteiger partial charge in [-0.1, -0.05) is 24.8 Å². The van der Waals surface area contributed by atoms with Crippen LogP contribution in [0.3, 0.4) is 0 Å². The van der Waals surface area contributed by atoms with E-state index in [0.717, 1.165) is 24.1 Å². The molecule has 1 aliphatic heterocycles. The lowest BCUT2D eigenvalue weighted by molar-refractivity contribution is -0.134. The molecule has 1 amide bonds. The smallest absolute Gasteiger partial charge is 0.315 e. The molecule has 1 unspecified atom stereocenters. The molecule has 1 atom stereocenters. The molecule has 21 heavy (non-hydrogen) atoms. The number of nitrogens with one attached hydrogen (secondary N) is 1. The van der Waals surface area contributed by atoms with Gasteiger partial charge in [-0.15, -0.1) is 0 Å². The molecule has 0 aromatic carbocycles. The highest BCUT2D eigenvalue weighted by atomic mass is 19.4. The highest BCUT2D eigenvalue weighted by molar-refractivity contribution is 6.23. The molecular weight excluding hydrogens is 287 g/mol. The zero-order valence-corrected chi connectivity index (χ0v) is 11.8. The van der Waals surface area contributed by atoms with Crippen molar-refractivity contribution in [2.75, 3.05) is 7.05 Å². The molecule has 116 valence electrons. The van der Waals surface area contributed by atoms with Gasteiger partial charge in [0, 0.05) is 12.6 Å². The van der Waals surface area contributed by atoms with E-state index in [1.165, 1.54) is 20.0 Å². The van der Waals surface area contributed by atoms with E-state index < -0.39 is 23.2 Å². The van der Waals surface area contributed by atoms with Crippen LogP contribution in [0.1, 0.15) is 13.8 Å². The molecule has 0 radical (unpaired) electrons. The van der Waals surface area contributed by atoms with E-state index in [1.54, 1.807) is 0 Å². The number of allylic oxidation sites excluding steroid dienone is 4. The number of alkyl halides is 3. The molecule has 0 saturated carbocycles. The lowest BCUT2D eigenvalue weighted by Gasteiger charge is -2.22. The van der Waals surface area contributed by atoms with Crippen LogP contribution in [0.25, 0.3) is 0 Å². The summed E-state index contributed by atoms with van der Waals surface area (Å²) in [6.45, 7) is 5.79. The summed E-state index contributed by atoms with van der Waals surface area (Å²) in [6, 6.07) is 0. The Kier molecular flexibility index (Phi) is 4.75. The predicted molar refractivity (Wildman–Crippen MR) is 71.6 cm³/mol. The molecule has 2 N–H and O–H groups in total. The molecule has 5 nitrogen and oxygen atoms in total. The summed E-state index contributed by atoms with van der Waals surface area (Å²) in [5.41, 5.74) is -0.213. The van der Waals surface area contributed by atoms with Crippen molar-refractivity contribution in [1.29, 1.82) is 0 Å². The zero-order chi connectivity index (χ0) is 16.4. The van der Waals surface area contributed by atoms with Crippen LogP contribution in [0.4, 0.5) is 13.2 Å². The van der Waals surface area contributed by atoms with E-state index in [4.69, 9.17) is 0 Å². The van der Waals surface area contributed by atoms with Crippen LogP contribution in [0.15, 0.2) is 41.1 Å². The maximum absolute atomic E-state index is 12.5. The number of rotatable bonds is 4. The number of hydrogen-bond donors (Lipinski definition) is 2. The summed E-state index contributed by atoms with van der Waals surface area (Å²) in [7, 11) is 1.38. The van der Waals surface area contributed by atoms with E-state index in [0.29, 0.717) is 0 Å². The van der Waals surface area contributed by atoms with Gasteiger partial charge in [0.05, 0.1) is 5.71 Å². The number of amides is 1. The summed E-state index contributed by atoms with van der Waals surface area (Å²) in [6.07, 6.45) is -1.16. The fourth-order valence-corrected chi connectivity index (χ4v) is 1.72. The third-order valence-corrected chi connectivity index (χ3v) is 3.12. The molecule has 0 aromatic rings. The largest absolute Gasteiger partial charge is 0.412 e. The van der Waals surface area contributed by atoms with Gasteiger partial charge in [-0.3, -0.25) is 4.79 Å². The summed E-state index contributed by atoms with van der Waals surface area (Å²) in [5, 5.41) is 14.1. The molecule has 0 aliphatic carbocycles. The number of likely N-dealkylation sites (N-methyl/N-ethyl adjacent to an activating group) is 1. The standard InChI is InChI=1S/C13H16F3N3O2/c1-5-9(7-6-8(2)13(14,15)16)10-12(3,18-21)11(20)19(4)17-10/h5-7,18,21H,1H2,2-4H3/b8-6+,9-7+. The van der Waals surface area contributed by atoms with Crippen LogP contribution in [0.5, 0.6) is 0 Å². The van der Waals surface area contributed by atoms with Gasteiger partial charge in [-0.2, -0.15) is 23.8 Å². The van der Waals surface area contributed by atoms with Crippen LogP contribution in [0.2, 0.25) is 0 Å². The van der Waals surface area contributed by atoms with E-state index in [2.05, 4.69) is 11.7 Å². The summed E-state index contributed by atoms with van der Waals surface area (Å²) < 4.78 is 37.4. The minimum absolute atomic E-state index is 0.0822. The van der Waals surface area contributed by atoms with Gasteiger partial charge >= 0.3 is 6.18 Å². The van der Waals surface area contributed by atoms with E-state index in [1.807, 2.05) is 5.48 Å². The fourth-order valence-electron chi connectivity index (χ4n) is 1.72. The Hall–Kier alpha value is -1.93. The number of halogens is 3. The number of hydrogen-bond acceptors (Lipinski definition) is 4. The highest BCUT2D eigenvalue weighted by Crippen LogP contribution is 2.27. The maximum Gasteiger partial charge on any atom is 0.412 e. The lowest BCUT2D eigenvalue weighted by atomic mass is 9.90. The molecule has 0 saturated heterocycles. The second-order valence-electron chi connectivity index (χ2n) is 4.69. The van der Waals surface area contributed by atoms with E-state index in [9.17, 15) is 23.2 Å². The van der Waals surface area contributed by atoms with Crippen LogP contribution in [-0.2, 0) is 4.79 Å². The Morgan fingerprint density at radius 1 is 1.48 bits per heavy atom. The zero-order valence-electron chi connectivity index (χ0n) is 11.8. The van der Waals surface area contributed by atoms with Gasteiger partial charge in [-0.25, -0.2) is 5.01 Å². The normalized spacial score (nSPS) is 24.4. The molecule has 1 heterocycles. The number of carbonyl (C=O) groups is 1. The van der Waals surface area contributed by atoms with Crippen molar-refractivity contribution in [2.24, 2.45) is 5.10 Å². The van der Waals surface area contributed by atoms with Gasteiger partial charge in [0.15, 0.2) is 5.54 Å². The number of hydrazone groups is 1. The third kappa shape index (κ3) is 3.22. The minimum atomic E-state index is -4.44. The first kappa shape index (κ1) is 17.1. The van der Waals surface area contributed by atoms with E-state index in [-0.39, 0.29) is 11.3 Å². The maximum atomic E-state index is 12.5. The topological polar surface area (TPSA) is 64.9 Å². The average molecular weight is 303 g/mol. The Morgan fingerprint density at radius 3 is 2.48 bits per heavy atom. The van der Waals surface area contributed by atoms with Gasteiger partial charge in [-0.05, 0) is 19.4 Å². The Bertz CT molecular complexity index is 549. The average Bonchev–Trinajstić information content (AvgIpc) is 2.64. The Labute approximate surface area is 120 Å². The third-order valence-electron chi connectivity index (χ3n) is 3.12. The number of carbonyl (C=O) groups excluding carboxylic acids is 1. The first-order valence-electron chi connectivity index (χ1n) is 5.95. The van der Waals surface area contributed by atoms with Crippen molar-refractivity contribution < 1.29 is 23.2 Å². The van der Waals surface area contributed by atoms with Crippen LogP contribution in [-0.4, -0.2) is 40.6 Å². The Morgan fingerprint density at radius 2 is 2.05 bits per heavy atom. The Balaban J connectivity index is 3.26. The molecule has 0 bridgehead atoms. The first-order valence-corrected chi connectivity index (χ1v) is 5.95. The molecule has 0 spiro atoms. The summed E-state index contributed by atoms with van der Waals surface area (Å²) in [5.74, 6) is -0.538. The van der Waals surface area contributed by atoms with Crippen molar-refractivity contribution in [3.05, 3.63) is 36.0 Å². The van der Waals surface area contributed by atoms with Crippen LogP contribution < -0.4 is 5.48 Å². The number of hydroxylamine groups is 1. The van der Waals surface area contributed by atoms with Crippen molar-refractivity contribution >= 4 is 11.6 Å². The van der Waals surface area contributed by atoms with Gasteiger partial charge in [0.25, 0.3) is 5.91 Å². The summed E-state index contributed by atoms with van der Waals surface area (Å²) in [4.78, 5) is 11.9. The predicted octanol–water partition coefficient (Wildman–Crippen LogP) is 2.17. The van der Waals surface area contributed by atoms with Gasteiger partial charge in [0.1, 0.15) is 0 Å². The van der Waals surface area contributed by atoms with Crippen molar-refractivity contribution in [3.63, 3.8) is 0 Å². The lowest BCUT2D eigenvalue weighted by Crippen LogP contribution is -2.54. The highest BCUT2D eigenvalue weighted by Gasteiger charge is 2.46. The van der Waals surface area contributed by atoms with Crippen LogP contribution >= 0.6 is 0 Å². The molecule has 1 rings (SSSR count). The SMILES string of the molecule is C=C/C(=C\C=C(/C)C(F)(F)F)C1=NN(C)C(=O)C1(C)NO. The van der Waals surface area contributed by atoms with Crippen molar-refractivity contribution in [3.8, 4) is 0 Å². The minimum Gasteiger partial charge on any atom is -0.315 e. The van der Waals surface area contributed by atoms with Crippen LogP contribution in [0, 0.1) is 0 Å². The monoisotopic (exact) mass is 303 g/mol. The fraction of sp³-hybridized carbons (Fsp3) is 0.385. The molecule has 0 aromatic heterocycles. The summed E-state index contributed by atoms with van der Waals surface area (Å²) >= 11 is 0. The van der Waals surface area contributed by atoms with Crippen molar-refractivity contribution in [2.45, 2.75) is 25.6 Å². The second kappa shape index (κ2) is 5.82. The second-order valence-corrected chi connectivity index (χ2v) is 4.69. The molecule has 8 heteroatoms. The molecule has 1 aliphatic rings. The van der Waals surface area contributed by atoms with Gasteiger partial charge in [0.2, 0.25) is 0 Å². The van der Waals surface area contributed by atoms with Crippen molar-refractivity contribution in [1.82, 2.24) is 10.5 Å². The quantitative estimate of drug-likeness (QED) is 0.618. The van der Waals surface area contributed by atoms with Gasteiger partial charge < -0.3 is 5.21 Å². The molecule has 0 fully saturated rings. The van der Waals surface area contributed by atoms with E-state index >= 15 is 0 Å². The number of nitrogens with zero attached hydrogens (tertiary/aromatic N) is 2. The first-order chi connectivity index (χ1) is 9.57. The molecular formula is C13H16F3N3O2.